The monoisotopic (exact) mass is 1200 g/mol. The van der Waals surface area contributed by atoms with Gasteiger partial charge in [-0.3, -0.25) is 19.4 Å². The van der Waals surface area contributed by atoms with Crippen molar-refractivity contribution in [3.63, 3.8) is 0 Å². The van der Waals surface area contributed by atoms with E-state index < -0.39 is 5.60 Å². The number of rotatable bonds is 6. The maximum absolute atomic E-state index is 13.3. The zero-order chi connectivity index (χ0) is 51.6. The lowest BCUT2D eigenvalue weighted by Gasteiger charge is -2.40. The number of piperidine rings is 2. The predicted octanol–water partition coefficient (Wildman–Crippen LogP) is 9.84. The summed E-state index contributed by atoms with van der Waals surface area (Å²) in [5.74, 6) is 1.22. The molecule has 2 atom stereocenters. The van der Waals surface area contributed by atoms with Crippen LogP contribution >= 0.6 is 55.1 Å². The van der Waals surface area contributed by atoms with Crippen molar-refractivity contribution in [3.8, 4) is 0 Å². The molecule has 0 bridgehead atoms. The van der Waals surface area contributed by atoms with Gasteiger partial charge >= 0.3 is 6.09 Å². The highest BCUT2D eigenvalue weighted by Gasteiger charge is 2.40. The van der Waals surface area contributed by atoms with Crippen LogP contribution in [0.1, 0.15) is 131 Å². The standard InChI is InChI=1S/C30H38BrClN4O4.C25H30BrClN4O2.2CH4/c1-30(2,3)40-29(38)35-10-8-20(9-11-35)16-26(37)33-12-14-34(15-13-33)28-25-7-6-24(32)18-21(25)4-5-22-17-23(31)19-36(39)27(22)28;26-20-14-19-2-1-18-15-21(27)3-4-22(18)25(24(19)31(33)16-20)30-11-9-29(10-12-30)23(32)13-17-5-7-28-8-6-17;;/h6-7,17-20,28H,4-5,8-16H2,1-3H3;3-4,14-17,25,28H,1-2,5-13H2;2*1H4/t28-;25-;;/m11../s1. The second-order valence-corrected chi connectivity index (χ2v) is 24.3. The third-order valence-electron chi connectivity index (χ3n) is 15.6. The topological polar surface area (TPSA) is 143 Å². The Hall–Kier alpha value is -4.03. The Labute approximate surface area is 471 Å². The minimum absolute atomic E-state index is 0. The number of nitrogens with zero attached hydrogens (tertiary/aromatic N) is 7. The number of nitrogens with one attached hydrogen (secondary N) is 1. The quantitative estimate of drug-likeness (QED) is 0.148. The molecule has 6 aliphatic rings. The van der Waals surface area contributed by atoms with Crippen LogP contribution in [0.3, 0.4) is 0 Å². The molecule has 2 aliphatic carbocycles. The van der Waals surface area contributed by atoms with Crippen molar-refractivity contribution in [1.82, 2.24) is 29.8 Å². The number of carbonyl (C=O) groups is 3. The van der Waals surface area contributed by atoms with E-state index >= 15 is 0 Å². The number of hydrogen-bond acceptors (Lipinski definition) is 9. The van der Waals surface area contributed by atoms with Gasteiger partial charge in [-0.15, -0.1) is 0 Å². The first-order chi connectivity index (χ1) is 35.0. The second-order valence-electron chi connectivity index (χ2n) is 21.6. The Morgan fingerprint density at radius 3 is 1.41 bits per heavy atom. The molecule has 3 amide bonds. The van der Waals surface area contributed by atoms with Crippen LogP contribution < -0.4 is 14.8 Å². The number of carbonyl (C=O) groups excluding carboxylic acids is 3. The Kier molecular flexibility index (Phi) is 20.0. The Balaban J connectivity index is 0.000000216. The summed E-state index contributed by atoms with van der Waals surface area (Å²) < 4.78 is 9.11. The van der Waals surface area contributed by atoms with E-state index in [4.69, 9.17) is 27.9 Å². The van der Waals surface area contributed by atoms with Crippen LogP contribution in [0.2, 0.25) is 10.0 Å². The average Bonchev–Trinajstić information content (AvgIpc) is 3.62. The maximum atomic E-state index is 13.3. The minimum Gasteiger partial charge on any atom is -0.618 e. The maximum Gasteiger partial charge on any atom is 0.410 e. The summed E-state index contributed by atoms with van der Waals surface area (Å²) in [4.78, 5) is 49.0. The summed E-state index contributed by atoms with van der Waals surface area (Å²) in [6.07, 6.45) is 11.1. The van der Waals surface area contributed by atoms with Crippen LogP contribution in [0.25, 0.3) is 0 Å². The molecule has 2 aromatic heterocycles. The molecule has 14 nitrogen and oxygen atoms in total. The lowest BCUT2D eigenvalue weighted by atomic mass is 9.93. The number of aromatic nitrogens is 2. The molecule has 4 aromatic rings. The fourth-order valence-electron chi connectivity index (χ4n) is 11.8. The molecule has 4 fully saturated rings. The van der Waals surface area contributed by atoms with Gasteiger partial charge in [0.05, 0.1) is 8.95 Å². The molecule has 10 rings (SSSR count). The normalized spacial score (nSPS) is 20.5. The van der Waals surface area contributed by atoms with E-state index in [2.05, 4.69) is 71.2 Å². The van der Waals surface area contributed by atoms with E-state index in [9.17, 15) is 24.8 Å². The zero-order valence-electron chi connectivity index (χ0n) is 42.2. The SMILES string of the molecule is C.C.CC(C)(C)OC(=O)N1CCC(CC(=O)N2CCN([C@@H]3c4ccc(Cl)cc4CCc4cc(Br)c[n+]([O-])c43)CC2)CC1.O=C(CC1CCNCC1)N1CCN([C@@H]2c3ccc(Cl)cc3CCc3cc(Br)c[n+]([O-])c32)CC1. The van der Waals surface area contributed by atoms with Crippen molar-refractivity contribution in [1.29, 1.82) is 0 Å². The van der Waals surface area contributed by atoms with Gasteiger partial charge in [-0.05, 0) is 188 Å². The molecule has 4 saturated heterocycles. The summed E-state index contributed by atoms with van der Waals surface area (Å²) in [5.41, 5.74) is 7.80. The molecular weight excluding hydrogens is 1120 g/mol. The van der Waals surface area contributed by atoms with Crippen LogP contribution in [-0.4, -0.2) is 127 Å². The number of aryl methyl sites for hydroxylation is 4. The first-order valence-corrected chi connectivity index (χ1v) is 28.4. The molecule has 4 aliphatic heterocycles. The van der Waals surface area contributed by atoms with Gasteiger partial charge in [0.15, 0.2) is 12.4 Å². The fraction of sp³-hybridized carbons (Fsp3) is 0.561. The largest absolute Gasteiger partial charge is 0.618 e. The Bertz CT molecular complexity index is 2660. The molecule has 18 heteroatoms. The van der Waals surface area contributed by atoms with Crippen LogP contribution in [0.5, 0.6) is 0 Å². The highest BCUT2D eigenvalue weighted by atomic mass is 79.9. The Morgan fingerprint density at radius 1 is 0.600 bits per heavy atom. The number of benzene rings is 2. The molecule has 0 saturated carbocycles. The van der Waals surface area contributed by atoms with Gasteiger partial charge in [-0.25, -0.2) is 4.79 Å². The zero-order valence-corrected chi connectivity index (χ0v) is 46.9. The van der Waals surface area contributed by atoms with Gasteiger partial charge in [-0.1, -0.05) is 50.2 Å². The van der Waals surface area contributed by atoms with E-state index in [-0.39, 0.29) is 50.8 Å². The number of likely N-dealkylation sites (tertiary alicyclic amines) is 1. The van der Waals surface area contributed by atoms with Crippen LogP contribution in [0, 0.1) is 22.3 Å². The van der Waals surface area contributed by atoms with E-state index in [1.807, 2.05) is 54.8 Å². The number of fused-ring (bicyclic) bond motifs is 4. The molecular formula is C57H76Br2Cl2N8O6. The summed E-state index contributed by atoms with van der Waals surface area (Å²) in [5, 5.41) is 31.2. The number of hydrogen-bond donors (Lipinski definition) is 1. The molecule has 75 heavy (non-hydrogen) atoms. The molecule has 0 unspecified atom stereocenters. The molecule has 6 heterocycles. The number of pyridine rings is 2. The van der Waals surface area contributed by atoms with Crippen molar-refractivity contribution >= 4 is 73.0 Å². The number of ether oxygens (including phenoxy) is 1. The first-order valence-electron chi connectivity index (χ1n) is 26.1. The summed E-state index contributed by atoms with van der Waals surface area (Å²) in [6.45, 7) is 14.4. The third kappa shape index (κ3) is 14.2. The van der Waals surface area contributed by atoms with E-state index in [1.54, 1.807) is 17.3 Å². The molecule has 0 spiro atoms. The Morgan fingerprint density at radius 2 is 1.00 bits per heavy atom. The van der Waals surface area contributed by atoms with E-state index in [0.717, 1.165) is 135 Å². The van der Waals surface area contributed by atoms with Gasteiger partial charge in [0.2, 0.25) is 23.2 Å². The van der Waals surface area contributed by atoms with Crippen molar-refractivity contribution < 1.29 is 28.6 Å². The smallest absolute Gasteiger partial charge is 0.410 e. The lowest BCUT2D eigenvalue weighted by Crippen LogP contribution is -2.52. The number of halogens is 4. The van der Waals surface area contributed by atoms with Gasteiger partial charge in [0.25, 0.3) is 0 Å². The molecule has 0 radical (unpaired) electrons. The van der Waals surface area contributed by atoms with E-state index in [0.29, 0.717) is 76.1 Å². The number of piperazine rings is 2. The first kappa shape index (κ1) is 58.6. The second kappa shape index (κ2) is 25.6. The summed E-state index contributed by atoms with van der Waals surface area (Å²) >= 11 is 19.7. The highest BCUT2D eigenvalue weighted by molar-refractivity contribution is 9.10. The van der Waals surface area contributed by atoms with Crippen molar-refractivity contribution in [3.05, 3.63) is 135 Å². The molecule has 408 valence electrons. The highest BCUT2D eigenvalue weighted by Crippen LogP contribution is 2.40. The minimum atomic E-state index is -0.509. The summed E-state index contributed by atoms with van der Waals surface area (Å²) in [7, 11) is 0. The third-order valence-corrected chi connectivity index (χ3v) is 16.9. The van der Waals surface area contributed by atoms with Crippen molar-refractivity contribution in [2.45, 2.75) is 118 Å². The van der Waals surface area contributed by atoms with Crippen molar-refractivity contribution in [2.75, 3.05) is 78.5 Å². The van der Waals surface area contributed by atoms with Gasteiger partial charge in [0.1, 0.15) is 17.7 Å². The average molecular weight is 1200 g/mol. The van der Waals surface area contributed by atoms with Gasteiger partial charge in [-0.2, -0.15) is 9.46 Å². The lowest BCUT2D eigenvalue weighted by molar-refractivity contribution is -0.617. The molecule has 1 N–H and O–H groups in total. The van der Waals surface area contributed by atoms with Crippen LogP contribution in [0.4, 0.5) is 4.79 Å². The van der Waals surface area contributed by atoms with Crippen LogP contribution in [-0.2, 0) is 40.0 Å². The predicted molar refractivity (Wildman–Crippen MR) is 303 cm³/mol. The fourth-order valence-corrected chi connectivity index (χ4v) is 13.1. The summed E-state index contributed by atoms with van der Waals surface area (Å²) in [6, 6.07) is 15.8. The van der Waals surface area contributed by atoms with Gasteiger partial charge < -0.3 is 35.2 Å². The van der Waals surface area contributed by atoms with Crippen molar-refractivity contribution in [2.24, 2.45) is 11.8 Å². The van der Waals surface area contributed by atoms with Crippen LogP contribution in [0.15, 0.2) is 69.9 Å². The molecule has 2 aromatic carbocycles. The van der Waals surface area contributed by atoms with E-state index in [1.165, 1.54) is 11.1 Å². The van der Waals surface area contributed by atoms with Gasteiger partial charge in [0, 0.05) is 99.5 Å². The number of amides is 3.